The molecule has 24 heavy (non-hydrogen) atoms. The van der Waals surface area contributed by atoms with E-state index < -0.39 is 0 Å². The maximum atomic E-state index is 14.0. The van der Waals surface area contributed by atoms with Crippen LogP contribution in [0.4, 0.5) is 9.18 Å². The summed E-state index contributed by atoms with van der Waals surface area (Å²) < 4.78 is 14.0. The van der Waals surface area contributed by atoms with E-state index in [1.54, 1.807) is 35.5 Å². The Morgan fingerprint density at radius 1 is 1.29 bits per heavy atom. The first-order valence-corrected chi connectivity index (χ1v) is 8.35. The van der Waals surface area contributed by atoms with Gasteiger partial charge in [0.25, 0.3) is 0 Å². The zero-order valence-electron chi connectivity index (χ0n) is 13.8. The molecule has 4 nitrogen and oxygen atoms in total. The Kier molecular flexibility index (Phi) is 5.08. The maximum absolute atomic E-state index is 14.0. The lowest BCUT2D eigenvalue weighted by molar-refractivity contribution is 0.130. The van der Waals surface area contributed by atoms with Gasteiger partial charge in [0.1, 0.15) is 5.82 Å². The van der Waals surface area contributed by atoms with E-state index in [0.29, 0.717) is 12.1 Å². The number of rotatable bonds is 5. The van der Waals surface area contributed by atoms with Crippen LogP contribution in [-0.4, -0.2) is 22.0 Å². The molecule has 1 aromatic heterocycles. The molecule has 0 spiro atoms. The van der Waals surface area contributed by atoms with Crippen molar-refractivity contribution in [3.05, 3.63) is 65.7 Å². The van der Waals surface area contributed by atoms with Crippen LogP contribution >= 0.6 is 0 Å². The van der Waals surface area contributed by atoms with Gasteiger partial charge in [-0.05, 0) is 49.9 Å². The van der Waals surface area contributed by atoms with Gasteiger partial charge in [0, 0.05) is 24.0 Å². The van der Waals surface area contributed by atoms with E-state index in [0.717, 1.165) is 24.8 Å². The van der Waals surface area contributed by atoms with Gasteiger partial charge in [0.15, 0.2) is 0 Å². The minimum Gasteiger partial charge on any atom is -0.331 e. The SMILES string of the molecule is C[C@H](NC(=O)N(Cc1ccccc1F)C1CCC1)c1ccncc1. The Balaban J connectivity index is 1.71. The van der Waals surface area contributed by atoms with Crippen molar-refractivity contribution in [2.75, 3.05) is 0 Å². The van der Waals surface area contributed by atoms with Gasteiger partial charge in [-0.2, -0.15) is 0 Å². The lowest BCUT2D eigenvalue weighted by Crippen LogP contribution is -2.49. The second kappa shape index (κ2) is 7.43. The van der Waals surface area contributed by atoms with Crippen LogP contribution in [0.15, 0.2) is 48.8 Å². The van der Waals surface area contributed by atoms with Crippen molar-refractivity contribution in [2.24, 2.45) is 0 Å². The number of urea groups is 1. The Morgan fingerprint density at radius 3 is 2.62 bits per heavy atom. The molecule has 1 heterocycles. The number of pyridine rings is 1. The first-order valence-electron chi connectivity index (χ1n) is 8.35. The molecule has 1 N–H and O–H groups in total. The molecule has 3 rings (SSSR count). The summed E-state index contributed by atoms with van der Waals surface area (Å²) in [6.45, 7) is 2.24. The fraction of sp³-hybridized carbons (Fsp3) is 0.368. The number of hydrogen-bond acceptors (Lipinski definition) is 2. The van der Waals surface area contributed by atoms with Gasteiger partial charge in [-0.25, -0.2) is 9.18 Å². The lowest BCUT2D eigenvalue weighted by atomic mass is 9.91. The van der Waals surface area contributed by atoms with Crippen LogP contribution in [0.2, 0.25) is 0 Å². The number of aromatic nitrogens is 1. The Hall–Kier alpha value is -2.43. The summed E-state index contributed by atoms with van der Waals surface area (Å²) >= 11 is 0. The summed E-state index contributed by atoms with van der Waals surface area (Å²) in [6.07, 6.45) is 6.49. The molecule has 0 unspecified atom stereocenters. The van der Waals surface area contributed by atoms with Gasteiger partial charge in [-0.3, -0.25) is 4.98 Å². The van der Waals surface area contributed by atoms with Gasteiger partial charge in [-0.15, -0.1) is 0 Å². The molecule has 0 bridgehead atoms. The number of nitrogens with zero attached hydrogens (tertiary/aromatic N) is 2. The molecule has 126 valence electrons. The van der Waals surface area contributed by atoms with Crippen molar-refractivity contribution >= 4 is 6.03 Å². The molecule has 0 radical (unpaired) electrons. The third-order valence-electron chi connectivity index (χ3n) is 4.62. The van der Waals surface area contributed by atoms with Gasteiger partial charge in [0.2, 0.25) is 0 Å². The smallest absolute Gasteiger partial charge is 0.318 e. The van der Waals surface area contributed by atoms with Crippen LogP contribution in [0.3, 0.4) is 0 Å². The van der Waals surface area contributed by atoms with E-state index in [4.69, 9.17) is 0 Å². The highest BCUT2D eigenvalue weighted by molar-refractivity contribution is 5.75. The Bertz CT molecular complexity index is 688. The predicted octanol–water partition coefficient (Wildman–Crippen LogP) is 4.05. The molecule has 5 heteroatoms. The number of carbonyl (C=O) groups is 1. The topological polar surface area (TPSA) is 45.2 Å². The summed E-state index contributed by atoms with van der Waals surface area (Å²) in [5.74, 6) is -0.267. The number of amides is 2. The quantitative estimate of drug-likeness (QED) is 0.900. The summed E-state index contributed by atoms with van der Waals surface area (Å²) in [6, 6.07) is 10.3. The lowest BCUT2D eigenvalue weighted by Gasteiger charge is -2.38. The largest absolute Gasteiger partial charge is 0.331 e. The summed E-state index contributed by atoms with van der Waals surface area (Å²) in [4.78, 5) is 18.5. The van der Waals surface area contributed by atoms with Crippen LogP contribution in [0.25, 0.3) is 0 Å². The molecule has 0 saturated heterocycles. The highest BCUT2D eigenvalue weighted by Crippen LogP contribution is 2.27. The van der Waals surface area contributed by atoms with E-state index in [1.807, 2.05) is 19.1 Å². The van der Waals surface area contributed by atoms with E-state index in [1.165, 1.54) is 6.07 Å². The minimum atomic E-state index is -0.267. The van der Waals surface area contributed by atoms with Crippen LogP contribution in [0.5, 0.6) is 0 Å². The molecule has 2 amide bonds. The average Bonchev–Trinajstić information content (AvgIpc) is 2.55. The second-order valence-electron chi connectivity index (χ2n) is 6.26. The van der Waals surface area contributed by atoms with Crippen molar-refractivity contribution in [3.8, 4) is 0 Å². The zero-order valence-corrected chi connectivity index (χ0v) is 13.8. The first-order chi connectivity index (χ1) is 11.6. The molecular weight excluding hydrogens is 305 g/mol. The average molecular weight is 327 g/mol. The highest BCUT2D eigenvalue weighted by atomic mass is 19.1. The van der Waals surface area contributed by atoms with Gasteiger partial charge < -0.3 is 10.2 Å². The number of nitrogens with one attached hydrogen (secondary N) is 1. The predicted molar refractivity (Wildman–Crippen MR) is 90.8 cm³/mol. The van der Waals surface area contributed by atoms with Gasteiger partial charge >= 0.3 is 6.03 Å². The van der Waals surface area contributed by atoms with E-state index >= 15 is 0 Å². The number of halogens is 1. The molecule has 1 saturated carbocycles. The molecule has 2 aromatic rings. The Labute approximate surface area is 141 Å². The standard InChI is InChI=1S/C19H22FN3O/c1-14(15-9-11-21-12-10-15)22-19(24)23(17-6-4-7-17)13-16-5-2-3-8-18(16)20/h2-3,5,8-12,14,17H,4,6-7,13H2,1H3,(H,22,24)/t14-/m0/s1. The van der Waals surface area contributed by atoms with Crippen molar-refractivity contribution < 1.29 is 9.18 Å². The third-order valence-corrected chi connectivity index (χ3v) is 4.62. The molecule has 1 fully saturated rings. The van der Waals surface area contributed by atoms with Crippen molar-refractivity contribution in [1.82, 2.24) is 15.2 Å². The molecule has 1 aliphatic carbocycles. The van der Waals surface area contributed by atoms with Gasteiger partial charge in [0.05, 0.1) is 12.6 Å². The molecule has 1 aliphatic rings. The summed E-state index contributed by atoms with van der Waals surface area (Å²) in [5, 5.41) is 3.02. The van der Waals surface area contributed by atoms with Crippen LogP contribution in [0.1, 0.15) is 43.4 Å². The zero-order chi connectivity index (χ0) is 16.9. The minimum absolute atomic E-state index is 0.122. The maximum Gasteiger partial charge on any atom is 0.318 e. The normalized spacial score (nSPS) is 15.4. The van der Waals surface area contributed by atoms with Crippen molar-refractivity contribution in [3.63, 3.8) is 0 Å². The third kappa shape index (κ3) is 3.72. The van der Waals surface area contributed by atoms with Crippen molar-refractivity contribution in [1.29, 1.82) is 0 Å². The molecular formula is C19H22FN3O. The Morgan fingerprint density at radius 2 is 2.00 bits per heavy atom. The molecule has 1 aromatic carbocycles. The monoisotopic (exact) mass is 327 g/mol. The second-order valence-corrected chi connectivity index (χ2v) is 6.26. The number of hydrogen-bond donors (Lipinski definition) is 1. The fourth-order valence-corrected chi connectivity index (χ4v) is 2.88. The fourth-order valence-electron chi connectivity index (χ4n) is 2.88. The highest BCUT2D eigenvalue weighted by Gasteiger charge is 2.30. The molecule has 0 aliphatic heterocycles. The van der Waals surface area contributed by atoms with Crippen LogP contribution in [-0.2, 0) is 6.54 Å². The number of carbonyl (C=O) groups excluding carboxylic acids is 1. The summed E-state index contributed by atoms with van der Waals surface area (Å²) in [7, 11) is 0. The van der Waals surface area contributed by atoms with Crippen molar-refractivity contribution in [2.45, 2.75) is 44.8 Å². The molecule has 1 atom stereocenters. The van der Waals surface area contributed by atoms with Crippen LogP contribution < -0.4 is 5.32 Å². The summed E-state index contributed by atoms with van der Waals surface area (Å²) in [5.41, 5.74) is 1.55. The van der Waals surface area contributed by atoms with Crippen LogP contribution in [0, 0.1) is 5.82 Å². The van der Waals surface area contributed by atoms with Gasteiger partial charge in [-0.1, -0.05) is 18.2 Å². The van der Waals surface area contributed by atoms with E-state index in [2.05, 4.69) is 10.3 Å². The first kappa shape index (κ1) is 16.4. The number of benzene rings is 1. The van der Waals surface area contributed by atoms with E-state index in [9.17, 15) is 9.18 Å². The van der Waals surface area contributed by atoms with E-state index in [-0.39, 0.29) is 23.9 Å².